The van der Waals surface area contributed by atoms with Gasteiger partial charge in [0.2, 0.25) is 0 Å². The van der Waals surface area contributed by atoms with E-state index in [4.69, 9.17) is 0 Å². The summed E-state index contributed by atoms with van der Waals surface area (Å²) in [5.74, 6) is 0.720. The fourth-order valence-electron chi connectivity index (χ4n) is 2.20. The maximum Gasteiger partial charge on any atom is 0.123 e. The van der Waals surface area contributed by atoms with Gasteiger partial charge in [-0.2, -0.15) is 0 Å². The van der Waals surface area contributed by atoms with Gasteiger partial charge in [0.1, 0.15) is 11.6 Å². The summed E-state index contributed by atoms with van der Waals surface area (Å²) in [4.78, 5) is 4.60. The Balaban J connectivity index is 2.04. The molecule has 2 aromatic carbocycles. The fraction of sp³-hybridized carbons (Fsp3) is 0.133. The zero-order chi connectivity index (χ0) is 13.4. The van der Waals surface area contributed by atoms with Crippen LogP contribution in [0.4, 0.5) is 4.39 Å². The molecule has 0 aliphatic heterocycles. The van der Waals surface area contributed by atoms with E-state index in [1.165, 1.54) is 6.07 Å². The molecule has 3 aromatic rings. The van der Waals surface area contributed by atoms with Gasteiger partial charge in [-0.25, -0.2) is 9.37 Å². The summed E-state index contributed by atoms with van der Waals surface area (Å²) in [7, 11) is 1.98. The van der Waals surface area contributed by atoms with Gasteiger partial charge < -0.3 is 4.57 Å². The Bertz CT molecular complexity index is 749. The predicted molar refractivity (Wildman–Crippen MR) is 77.6 cm³/mol. The Morgan fingerprint density at radius 2 is 2.05 bits per heavy atom. The molecular weight excluding hydrogens is 307 g/mol. The van der Waals surface area contributed by atoms with Crippen molar-refractivity contribution >= 4 is 27.0 Å². The van der Waals surface area contributed by atoms with E-state index < -0.39 is 0 Å². The van der Waals surface area contributed by atoms with Crippen LogP contribution in [0.3, 0.4) is 0 Å². The van der Waals surface area contributed by atoms with Crippen LogP contribution in [0.25, 0.3) is 11.0 Å². The molecule has 0 bridgehead atoms. The molecule has 0 fully saturated rings. The molecule has 0 saturated carbocycles. The molecule has 0 aliphatic rings. The van der Waals surface area contributed by atoms with Crippen molar-refractivity contribution < 1.29 is 4.39 Å². The summed E-state index contributed by atoms with van der Waals surface area (Å²) in [6, 6.07) is 12.6. The summed E-state index contributed by atoms with van der Waals surface area (Å²) in [6.45, 7) is 0. The van der Waals surface area contributed by atoms with Crippen LogP contribution >= 0.6 is 15.9 Å². The molecule has 0 unspecified atom stereocenters. The first kappa shape index (κ1) is 12.4. The van der Waals surface area contributed by atoms with Gasteiger partial charge in [-0.3, -0.25) is 0 Å². The summed E-state index contributed by atoms with van der Waals surface area (Å²) >= 11 is 3.46. The normalized spacial score (nSPS) is 11.1. The molecular formula is C15H12BrFN2. The van der Waals surface area contributed by atoms with Crippen molar-refractivity contribution in [1.82, 2.24) is 9.55 Å². The van der Waals surface area contributed by atoms with Crippen LogP contribution in [0, 0.1) is 5.82 Å². The minimum absolute atomic E-state index is 0.209. The van der Waals surface area contributed by atoms with Crippen LogP contribution in [0.5, 0.6) is 0 Å². The monoisotopic (exact) mass is 318 g/mol. The lowest BCUT2D eigenvalue weighted by Gasteiger charge is -2.03. The van der Waals surface area contributed by atoms with Gasteiger partial charge in [-0.15, -0.1) is 0 Å². The molecule has 0 spiro atoms. The van der Waals surface area contributed by atoms with Gasteiger partial charge in [0.25, 0.3) is 0 Å². The maximum atomic E-state index is 13.2. The number of aryl methyl sites for hydroxylation is 1. The summed E-state index contributed by atoms with van der Waals surface area (Å²) in [6.07, 6.45) is 0.626. The largest absolute Gasteiger partial charge is 0.331 e. The van der Waals surface area contributed by atoms with Gasteiger partial charge in [0, 0.05) is 17.9 Å². The van der Waals surface area contributed by atoms with Crippen molar-refractivity contribution in [3.8, 4) is 0 Å². The van der Waals surface area contributed by atoms with Crippen molar-refractivity contribution in [3.05, 3.63) is 64.1 Å². The van der Waals surface area contributed by atoms with Crippen molar-refractivity contribution in [2.24, 2.45) is 7.05 Å². The molecule has 0 aliphatic carbocycles. The van der Waals surface area contributed by atoms with Gasteiger partial charge >= 0.3 is 0 Å². The Kier molecular flexibility index (Phi) is 3.11. The van der Waals surface area contributed by atoms with E-state index in [0.717, 1.165) is 26.9 Å². The molecule has 0 N–H and O–H groups in total. The molecule has 19 heavy (non-hydrogen) atoms. The third kappa shape index (κ3) is 2.40. The maximum absolute atomic E-state index is 13.2. The second-order valence-corrected chi connectivity index (χ2v) is 5.44. The molecule has 0 saturated heterocycles. The van der Waals surface area contributed by atoms with E-state index in [0.29, 0.717) is 6.42 Å². The van der Waals surface area contributed by atoms with E-state index in [2.05, 4.69) is 20.9 Å². The van der Waals surface area contributed by atoms with Crippen LogP contribution in [0.1, 0.15) is 11.4 Å². The number of imidazole rings is 1. The summed E-state index contributed by atoms with van der Waals surface area (Å²) in [5.41, 5.74) is 2.95. The number of benzene rings is 2. The van der Waals surface area contributed by atoms with Gasteiger partial charge in [-0.1, -0.05) is 28.1 Å². The molecule has 4 heteroatoms. The van der Waals surface area contributed by atoms with E-state index in [9.17, 15) is 4.39 Å². The highest BCUT2D eigenvalue weighted by atomic mass is 79.9. The smallest absolute Gasteiger partial charge is 0.123 e. The Labute approximate surface area is 119 Å². The molecule has 2 nitrogen and oxygen atoms in total. The third-order valence-electron chi connectivity index (χ3n) is 3.19. The molecule has 96 valence electrons. The molecule has 0 radical (unpaired) electrons. The van der Waals surface area contributed by atoms with Crippen LogP contribution in [-0.2, 0) is 13.5 Å². The average Bonchev–Trinajstić information content (AvgIpc) is 2.67. The third-order valence-corrected chi connectivity index (χ3v) is 3.68. The first-order valence-electron chi connectivity index (χ1n) is 5.99. The van der Waals surface area contributed by atoms with Crippen molar-refractivity contribution in [2.45, 2.75) is 6.42 Å². The van der Waals surface area contributed by atoms with Crippen LogP contribution < -0.4 is 0 Å². The molecule has 1 aromatic heterocycles. The number of fused-ring (bicyclic) bond motifs is 1. The quantitative estimate of drug-likeness (QED) is 0.696. The Hall–Kier alpha value is -1.68. The lowest BCUT2D eigenvalue weighted by molar-refractivity contribution is 0.625. The standard InChI is InChI=1S/C15H12BrFN2/c1-19-14-9-11(16)5-6-13(14)18-15(19)8-10-3-2-4-12(17)7-10/h2-7,9H,8H2,1H3. The minimum atomic E-state index is -0.209. The van der Waals surface area contributed by atoms with Crippen molar-refractivity contribution in [1.29, 1.82) is 0 Å². The topological polar surface area (TPSA) is 17.8 Å². The summed E-state index contributed by atoms with van der Waals surface area (Å²) < 4.78 is 16.3. The number of aromatic nitrogens is 2. The van der Waals surface area contributed by atoms with Crippen molar-refractivity contribution in [3.63, 3.8) is 0 Å². The first-order chi connectivity index (χ1) is 9.13. The second kappa shape index (κ2) is 4.78. The molecule has 0 amide bonds. The van der Waals surface area contributed by atoms with Gasteiger partial charge in [-0.05, 0) is 35.9 Å². The molecule has 3 rings (SSSR count). The van der Waals surface area contributed by atoms with E-state index >= 15 is 0 Å². The molecule has 1 heterocycles. The first-order valence-corrected chi connectivity index (χ1v) is 6.78. The average molecular weight is 319 g/mol. The van der Waals surface area contributed by atoms with Gasteiger partial charge in [0.15, 0.2) is 0 Å². The lowest BCUT2D eigenvalue weighted by atomic mass is 10.1. The number of nitrogens with zero attached hydrogens (tertiary/aromatic N) is 2. The zero-order valence-electron chi connectivity index (χ0n) is 10.4. The van der Waals surface area contributed by atoms with Crippen molar-refractivity contribution in [2.75, 3.05) is 0 Å². The highest BCUT2D eigenvalue weighted by Gasteiger charge is 2.09. The van der Waals surface area contributed by atoms with Crippen LogP contribution in [0.15, 0.2) is 46.9 Å². The van der Waals surface area contributed by atoms with Crippen LogP contribution in [0.2, 0.25) is 0 Å². The second-order valence-electron chi connectivity index (χ2n) is 4.53. The Morgan fingerprint density at radius 3 is 2.84 bits per heavy atom. The lowest BCUT2D eigenvalue weighted by Crippen LogP contribution is -1.99. The van der Waals surface area contributed by atoms with E-state index in [-0.39, 0.29) is 5.82 Å². The highest BCUT2D eigenvalue weighted by molar-refractivity contribution is 9.10. The number of rotatable bonds is 2. The van der Waals surface area contributed by atoms with E-state index in [1.807, 2.05) is 35.9 Å². The van der Waals surface area contributed by atoms with Gasteiger partial charge in [0.05, 0.1) is 11.0 Å². The highest BCUT2D eigenvalue weighted by Crippen LogP contribution is 2.21. The van der Waals surface area contributed by atoms with Crippen LogP contribution in [-0.4, -0.2) is 9.55 Å². The SMILES string of the molecule is Cn1c(Cc2cccc(F)c2)nc2ccc(Br)cc21. The predicted octanol–water partition coefficient (Wildman–Crippen LogP) is 4.07. The zero-order valence-corrected chi connectivity index (χ0v) is 12.0. The number of hydrogen-bond donors (Lipinski definition) is 0. The summed E-state index contributed by atoms with van der Waals surface area (Å²) in [5, 5.41) is 0. The fourth-order valence-corrected chi connectivity index (χ4v) is 2.55. The molecule has 0 atom stereocenters. The number of halogens is 2. The Morgan fingerprint density at radius 1 is 1.21 bits per heavy atom. The number of hydrogen-bond acceptors (Lipinski definition) is 1. The van der Waals surface area contributed by atoms with E-state index in [1.54, 1.807) is 12.1 Å². The minimum Gasteiger partial charge on any atom is -0.331 e.